The number of rotatable bonds is 7. The quantitative estimate of drug-likeness (QED) is 0.333. The first-order valence-electron chi connectivity index (χ1n) is 12.0. The van der Waals surface area contributed by atoms with Crippen LogP contribution in [-0.2, 0) is 11.2 Å². The van der Waals surface area contributed by atoms with E-state index < -0.39 is 18.0 Å². The molecule has 5 rings (SSSR count). The first-order valence-corrected chi connectivity index (χ1v) is 12.0. The van der Waals surface area contributed by atoms with Gasteiger partial charge in [0.25, 0.3) is 0 Å². The summed E-state index contributed by atoms with van der Waals surface area (Å²) in [5, 5.41) is 9.60. The van der Waals surface area contributed by atoms with E-state index in [0.29, 0.717) is 37.4 Å². The Hall–Kier alpha value is -3.79. The van der Waals surface area contributed by atoms with Crippen LogP contribution in [0.2, 0.25) is 0 Å². The molecule has 0 amide bonds. The van der Waals surface area contributed by atoms with E-state index in [2.05, 4.69) is 15.0 Å². The van der Waals surface area contributed by atoms with Crippen molar-refractivity contribution in [2.75, 3.05) is 18.0 Å². The van der Waals surface area contributed by atoms with Crippen molar-refractivity contribution in [3.05, 3.63) is 71.9 Å². The molecule has 4 heterocycles. The number of alkyl halides is 2. The Morgan fingerprint density at radius 1 is 1.16 bits per heavy atom. The van der Waals surface area contributed by atoms with Crippen LogP contribution in [0.3, 0.4) is 0 Å². The van der Waals surface area contributed by atoms with Gasteiger partial charge in [-0.1, -0.05) is 18.2 Å². The zero-order chi connectivity index (χ0) is 26.2. The largest absolute Gasteiger partial charge is 0.481 e. The number of aryl methyl sites for hydroxylation is 1. The summed E-state index contributed by atoms with van der Waals surface area (Å²) in [6.45, 7) is 1.82. The lowest BCUT2D eigenvalue weighted by molar-refractivity contribution is -0.148. The molecule has 1 aromatic carbocycles. The van der Waals surface area contributed by atoms with Gasteiger partial charge in [0.15, 0.2) is 0 Å². The third-order valence-electron chi connectivity index (χ3n) is 6.93. The maximum atomic E-state index is 12.9. The number of para-hydroxylation sites is 1. The Labute approximate surface area is 224 Å². The van der Waals surface area contributed by atoms with Gasteiger partial charge in [0.1, 0.15) is 11.4 Å². The van der Waals surface area contributed by atoms with Crippen LogP contribution >= 0.6 is 12.4 Å². The topological polar surface area (TPSA) is 92.9 Å². The summed E-state index contributed by atoms with van der Waals surface area (Å²) in [4.78, 5) is 27.3. The van der Waals surface area contributed by atoms with Gasteiger partial charge in [-0.15, -0.1) is 12.4 Å². The monoisotopic (exact) mass is 543 g/mol. The number of imidazole rings is 1. The normalized spacial score (nSPS) is 17.4. The van der Waals surface area contributed by atoms with E-state index >= 15 is 0 Å². The molecule has 0 spiro atoms. The fourth-order valence-electron chi connectivity index (χ4n) is 4.85. The third kappa shape index (κ3) is 5.40. The average Bonchev–Trinajstić information content (AvgIpc) is 3.19. The molecule has 1 atom stereocenters. The van der Waals surface area contributed by atoms with Gasteiger partial charge in [-0.2, -0.15) is 8.78 Å². The number of carboxylic acid groups (broad SMARTS) is 1. The number of pyridine rings is 1. The first-order chi connectivity index (χ1) is 17.7. The average molecular weight is 544 g/mol. The summed E-state index contributed by atoms with van der Waals surface area (Å²) in [7, 11) is 0. The van der Waals surface area contributed by atoms with Crippen molar-refractivity contribution < 1.29 is 23.4 Å². The number of piperidine rings is 1. The van der Waals surface area contributed by atoms with Crippen LogP contribution in [-0.4, -0.2) is 50.1 Å². The number of fused-ring (bicyclic) bond motifs is 1. The Kier molecular flexibility index (Phi) is 7.82. The van der Waals surface area contributed by atoms with Crippen molar-refractivity contribution in [3.8, 4) is 16.9 Å². The van der Waals surface area contributed by atoms with Crippen LogP contribution in [0.4, 0.5) is 14.7 Å². The number of ether oxygens (including phenoxy) is 1. The van der Waals surface area contributed by atoms with Gasteiger partial charge in [0, 0.05) is 60.5 Å². The van der Waals surface area contributed by atoms with E-state index in [1.165, 1.54) is 6.07 Å². The molecule has 4 aromatic rings. The second-order valence-corrected chi connectivity index (χ2v) is 9.62. The molecule has 0 saturated carbocycles. The van der Waals surface area contributed by atoms with Crippen molar-refractivity contribution in [2.24, 2.45) is 5.41 Å². The molecule has 38 heavy (non-hydrogen) atoms. The number of aromatic nitrogens is 4. The number of carbonyl (C=O) groups is 1. The molecule has 0 radical (unpaired) electrons. The molecule has 3 aromatic heterocycles. The summed E-state index contributed by atoms with van der Waals surface area (Å²) in [6.07, 6.45) is 7.14. The van der Waals surface area contributed by atoms with Gasteiger partial charge >= 0.3 is 12.6 Å². The summed E-state index contributed by atoms with van der Waals surface area (Å²) < 4.78 is 32.4. The number of carboxylic acids is 1. The van der Waals surface area contributed by atoms with E-state index in [-0.39, 0.29) is 18.2 Å². The number of nitrogens with zero attached hydrogens (tertiary/aromatic N) is 5. The lowest BCUT2D eigenvalue weighted by Crippen LogP contribution is -2.46. The number of hydrogen-bond donors (Lipinski definition) is 1. The maximum Gasteiger partial charge on any atom is 0.387 e. The lowest BCUT2D eigenvalue weighted by atomic mass is 9.82. The molecule has 11 heteroatoms. The summed E-state index contributed by atoms with van der Waals surface area (Å²) in [5.74, 6) is -0.160. The van der Waals surface area contributed by atoms with Gasteiger partial charge in [-0.3, -0.25) is 4.79 Å². The predicted molar refractivity (Wildman–Crippen MR) is 141 cm³/mol. The van der Waals surface area contributed by atoms with E-state index in [4.69, 9.17) is 4.74 Å². The van der Waals surface area contributed by atoms with Crippen LogP contribution in [0, 0.1) is 12.3 Å². The predicted octanol–water partition coefficient (Wildman–Crippen LogP) is 5.40. The second kappa shape index (κ2) is 10.9. The fraction of sp³-hybridized carbons (Fsp3) is 0.333. The molecule has 1 N–H and O–H groups in total. The van der Waals surface area contributed by atoms with E-state index in [0.717, 1.165) is 34.6 Å². The summed E-state index contributed by atoms with van der Waals surface area (Å²) in [6, 6.07) is 10.6. The van der Waals surface area contributed by atoms with Crippen LogP contribution in [0.25, 0.3) is 16.8 Å². The van der Waals surface area contributed by atoms with Gasteiger partial charge < -0.3 is 19.1 Å². The highest BCUT2D eigenvalue weighted by atomic mass is 35.5. The minimum atomic E-state index is -2.90. The number of halogens is 3. The standard InChI is InChI=1S/C27H27F2N5O3.ClH/c1-17-21(12-18-6-3-4-7-22(18)37-25(28)29)34-15-19(8-9-23(34)32-17)20-13-30-26(31-14-20)33-11-5-10-27(2,16-33)24(35)36;/h3-4,6-9,13-15,25H,5,10-12,16H2,1-2H3,(H,35,36);1H. The lowest BCUT2D eigenvalue weighted by Gasteiger charge is -2.37. The van der Waals surface area contributed by atoms with Crippen molar-refractivity contribution in [1.29, 1.82) is 0 Å². The molecule has 1 saturated heterocycles. The molecule has 0 aliphatic carbocycles. The number of hydrogen-bond acceptors (Lipinski definition) is 6. The molecular weight excluding hydrogens is 516 g/mol. The van der Waals surface area contributed by atoms with Crippen LogP contribution in [0.15, 0.2) is 55.0 Å². The zero-order valence-electron chi connectivity index (χ0n) is 21.0. The van der Waals surface area contributed by atoms with Gasteiger partial charge in [0.2, 0.25) is 5.95 Å². The number of aliphatic carboxylic acids is 1. The van der Waals surface area contributed by atoms with Crippen LogP contribution in [0.1, 0.15) is 36.7 Å². The SMILES string of the molecule is Cc1nc2ccc(-c3cnc(N4CCCC(C)(C(=O)O)C4)nc3)cn2c1Cc1ccccc1OC(F)F.Cl. The van der Waals surface area contributed by atoms with Crippen molar-refractivity contribution in [1.82, 2.24) is 19.4 Å². The van der Waals surface area contributed by atoms with E-state index in [1.807, 2.05) is 34.6 Å². The first kappa shape index (κ1) is 27.3. The molecule has 1 fully saturated rings. The Morgan fingerprint density at radius 2 is 1.89 bits per heavy atom. The summed E-state index contributed by atoms with van der Waals surface area (Å²) in [5.41, 5.74) is 3.87. The second-order valence-electron chi connectivity index (χ2n) is 9.62. The van der Waals surface area contributed by atoms with Gasteiger partial charge in [0.05, 0.1) is 11.1 Å². The summed E-state index contributed by atoms with van der Waals surface area (Å²) >= 11 is 0. The van der Waals surface area contributed by atoms with Gasteiger partial charge in [-0.05, 0) is 44.9 Å². The highest BCUT2D eigenvalue weighted by molar-refractivity contribution is 5.85. The van der Waals surface area contributed by atoms with Crippen LogP contribution < -0.4 is 9.64 Å². The van der Waals surface area contributed by atoms with Gasteiger partial charge in [-0.25, -0.2) is 15.0 Å². The molecule has 1 unspecified atom stereocenters. The highest BCUT2D eigenvalue weighted by Crippen LogP contribution is 2.32. The Balaban J connectivity index is 0.00000336. The third-order valence-corrected chi connectivity index (χ3v) is 6.93. The Morgan fingerprint density at radius 3 is 2.61 bits per heavy atom. The van der Waals surface area contributed by atoms with Crippen molar-refractivity contribution in [2.45, 2.75) is 39.7 Å². The highest BCUT2D eigenvalue weighted by Gasteiger charge is 2.38. The molecule has 8 nitrogen and oxygen atoms in total. The fourth-order valence-corrected chi connectivity index (χ4v) is 4.85. The Bertz CT molecular complexity index is 1450. The molecule has 1 aliphatic rings. The van der Waals surface area contributed by atoms with Crippen molar-refractivity contribution in [3.63, 3.8) is 0 Å². The zero-order valence-corrected chi connectivity index (χ0v) is 21.8. The minimum absolute atomic E-state index is 0. The smallest absolute Gasteiger partial charge is 0.387 e. The molecule has 0 bridgehead atoms. The van der Waals surface area contributed by atoms with E-state index in [9.17, 15) is 18.7 Å². The number of benzene rings is 1. The minimum Gasteiger partial charge on any atom is -0.481 e. The molecule has 1 aliphatic heterocycles. The number of anilines is 1. The maximum absolute atomic E-state index is 12.9. The van der Waals surface area contributed by atoms with E-state index in [1.54, 1.807) is 37.5 Å². The van der Waals surface area contributed by atoms with Crippen LogP contribution in [0.5, 0.6) is 5.75 Å². The van der Waals surface area contributed by atoms with Crippen molar-refractivity contribution >= 4 is 30.0 Å². The molecule has 200 valence electrons. The molecular formula is C27H28ClF2N5O3.